The Morgan fingerprint density at radius 2 is 1.72 bits per heavy atom. The zero-order valence-electron chi connectivity index (χ0n) is 14.4. The lowest BCUT2D eigenvalue weighted by molar-refractivity contribution is 0.394. The summed E-state index contributed by atoms with van der Waals surface area (Å²) in [6.07, 6.45) is 0.724. The zero-order valence-corrected chi connectivity index (χ0v) is 16.9. The predicted molar refractivity (Wildman–Crippen MR) is 105 cm³/mol. The van der Waals surface area contributed by atoms with Crippen LogP contribution >= 0.6 is 24.8 Å². The number of hydrogen-bond donors (Lipinski definition) is 2. The van der Waals surface area contributed by atoms with Gasteiger partial charge in [0.2, 0.25) is 5.96 Å². The second kappa shape index (κ2) is 10.8. The average molecular weight is 415 g/mol. The van der Waals surface area contributed by atoms with Crippen molar-refractivity contribution >= 4 is 40.8 Å². The van der Waals surface area contributed by atoms with Gasteiger partial charge in [0.05, 0.1) is 11.4 Å². The molecule has 0 aliphatic carbocycles. The van der Waals surface area contributed by atoms with Gasteiger partial charge in [-0.15, -0.1) is 24.8 Å². The standard InChI is InChI=1S/C15H24N4O2S.2ClH.H2O/c1-12(2)11-18-9-10-19(15(18)17)22(20,21)14-5-3-13(4-6-14)7-8-16;;;/h3-6,12,17H,7-11,16H2,1-2H3;2*1H;1H2. The van der Waals surface area contributed by atoms with Crippen LogP contribution in [0.1, 0.15) is 19.4 Å². The van der Waals surface area contributed by atoms with Crippen molar-refractivity contribution < 1.29 is 13.9 Å². The van der Waals surface area contributed by atoms with Crippen LogP contribution in [0.15, 0.2) is 29.2 Å². The highest BCUT2D eigenvalue weighted by Crippen LogP contribution is 2.21. The molecule has 1 fully saturated rings. The van der Waals surface area contributed by atoms with Crippen molar-refractivity contribution in [1.82, 2.24) is 9.21 Å². The molecule has 5 N–H and O–H groups in total. The van der Waals surface area contributed by atoms with Gasteiger partial charge in [0.15, 0.2) is 0 Å². The number of nitrogens with zero attached hydrogens (tertiary/aromatic N) is 2. The molecule has 1 aliphatic heterocycles. The van der Waals surface area contributed by atoms with E-state index in [9.17, 15) is 8.42 Å². The molecule has 0 radical (unpaired) electrons. The number of nitrogens with two attached hydrogens (primary N) is 1. The minimum atomic E-state index is -3.65. The first-order chi connectivity index (χ1) is 10.4. The smallest absolute Gasteiger partial charge is 0.266 e. The van der Waals surface area contributed by atoms with E-state index in [0.717, 1.165) is 12.0 Å². The number of benzene rings is 1. The molecule has 7 nitrogen and oxygen atoms in total. The minimum absolute atomic E-state index is 0. The van der Waals surface area contributed by atoms with Gasteiger partial charge in [-0.1, -0.05) is 26.0 Å². The Bertz CT molecular complexity index is 639. The van der Waals surface area contributed by atoms with E-state index < -0.39 is 10.0 Å². The maximum Gasteiger partial charge on any atom is 0.266 e. The van der Waals surface area contributed by atoms with Gasteiger partial charge in [0.1, 0.15) is 0 Å². The fraction of sp³-hybridized carbons (Fsp3) is 0.533. The van der Waals surface area contributed by atoms with Crippen molar-refractivity contribution in [1.29, 1.82) is 5.41 Å². The Balaban J connectivity index is 0. The Kier molecular flexibility index (Phi) is 11.3. The Hall–Kier alpha value is -1.06. The monoisotopic (exact) mass is 414 g/mol. The third kappa shape index (κ3) is 6.00. The zero-order chi connectivity index (χ0) is 16.3. The van der Waals surface area contributed by atoms with Crippen LogP contribution in [0.3, 0.4) is 0 Å². The van der Waals surface area contributed by atoms with Crippen LogP contribution in [0.25, 0.3) is 0 Å². The lowest BCUT2D eigenvalue weighted by Gasteiger charge is -2.23. The summed E-state index contributed by atoms with van der Waals surface area (Å²) in [7, 11) is -3.65. The molecular weight excluding hydrogens is 387 g/mol. The van der Waals surface area contributed by atoms with Gasteiger partial charge in [-0.05, 0) is 36.6 Å². The molecule has 10 heteroatoms. The summed E-state index contributed by atoms with van der Waals surface area (Å²) in [6, 6.07) is 6.76. The fourth-order valence-corrected chi connectivity index (χ4v) is 3.96. The summed E-state index contributed by atoms with van der Waals surface area (Å²) >= 11 is 0. The first-order valence-electron chi connectivity index (χ1n) is 7.51. The van der Waals surface area contributed by atoms with E-state index in [-0.39, 0.29) is 41.1 Å². The Morgan fingerprint density at radius 1 is 1.16 bits per heavy atom. The highest BCUT2D eigenvalue weighted by atomic mass is 35.5. The first kappa shape index (κ1) is 26.2. The molecule has 1 aromatic rings. The lowest BCUT2D eigenvalue weighted by Crippen LogP contribution is -2.38. The molecule has 146 valence electrons. The van der Waals surface area contributed by atoms with E-state index >= 15 is 0 Å². The number of halogens is 2. The predicted octanol–water partition coefficient (Wildman–Crippen LogP) is 1.10. The minimum Gasteiger partial charge on any atom is -0.412 e. The van der Waals surface area contributed by atoms with Crippen molar-refractivity contribution in [2.24, 2.45) is 11.7 Å². The molecule has 1 aliphatic rings. The van der Waals surface area contributed by atoms with Crippen molar-refractivity contribution in [2.45, 2.75) is 25.2 Å². The first-order valence-corrected chi connectivity index (χ1v) is 8.95. The van der Waals surface area contributed by atoms with Crippen LogP contribution in [0.2, 0.25) is 0 Å². The third-order valence-electron chi connectivity index (χ3n) is 3.64. The largest absolute Gasteiger partial charge is 0.412 e. The molecule has 0 saturated carbocycles. The quantitative estimate of drug-likeness (QED) is 0.723. The summed E-state index contributed by atoms with van der Waals surface area (Å²) < 4.78 is 26.5. The maximum absolute atomic E-state index is 12.7. The van der Waals surface area contributed by atoms with Gasteiger partial charge in [0.25, 0.3) is 10.0 Å². The van der Waals surface area contributed by atoms with Crippen LogP contribution in [-0.2, 0) is 16.4 Å². The summed E-state index contributed by atoms with van der Waals surface area (Å²) in [4.78, 5) is 2.04. The highest BCUT2D eigenvalue weighted by Gasteiger charge is 2.35. The van der Waals surface area contributed by atoms with Gasteiger partial charge in [-0.25, -0.2) is 12.7 Å². The van der Waals surface area contributed by atoms with E-state index in [1.165, 1.54) is 4.31 Å². The fourth-order valence-electron chi connectivity index (χ4n) is 2.56. The second-order valence-electron chi connectivity index (χ2n) is 5.92. The van der Waals surface area contributed by atoms with Crippen molar-refractivity contribution in [3.05, 3.63) is 29.8 Å². The molecule has 25 heavy (non-hydrogen) atoms. The molecule has 0 amide bonds. The Morgan fingerprint density at radius 3 is 2.20 bits per heavy atom. The van der Waals surface area contributed by atoms with Crippen LogP contribution in [0.4, 0.5) is 0 Å². The van der Waals surface area contributed by atoms with E-state index in [1.54, 1.807) is 24.3 Å². The van der Waals surface area contributed by atoms with Crippen LogP contribution in [0, 0.1) is 11.3 Å². The van der Waals surface area contributed by atoms with Gasteiger partial charge >= 0.3 is 0 Å². The third-order valence-corrected chi connectivity index (χ3v) is 5.44. The Labute approximate surface area is 162 Å². The average Bonchev–Trinajstić information content (AvgIpc) is 2.81. The van der Waals surface area contributed by atoms with Crippen LogP contribution < -0.4 is 5.73 Å². The van der Waals surface area contributed by atoms with E-state index in [0.29, 0.717) is 32.1 Å². The summed E-state index contributed by atoms with van der Waals surface area (Å²) in [6.45, 7) is 6.24. The van der Waals surface area contributed by atoms with Gasteiger partial charge in [-0.2, -0.15) is 0 Å². The molecule has 1 heterocycles. The summed E-state index contributed by atoms with van der Waals surface area (Å²) in [5.74, 6) is 0.457. The van der Waals surface area contributed by atoms with Gasteiger partial charge in [0, 0.05) is 13.1 Å². The normalized spacial score (nSPS) is 14.0. The van der Waals surface area contributed by atoms with Crippen molar-refractivity contribution in [3.8, 4) is 0 Å². The molecule has 0 atom stereocenters. The number of guanidine groups is 1. The number of sulfonamides is 1. The summed E-state index contributed by atoms with van der Waals surface area (Å²) in [5, 5.41) is 8.13. The number of rotatable bonds is 6. The highest BCUT2D eigenvalue weighted by molar-refractivity contribution is 7.89. The molecule has 1 aromatic carbocycles. The molecule has 0 unspecified atom stereocenters. The lowest BCUT2D eigenvalue weighted by atomic mass is 10.2. The van der Waals surface area contributed by atoms with Crippen molar-refractivity contribution in [3.63, 3.8) is 0 Å². The molecule has 1 saturated heterocycles. The van der Waals surface area contributed by atoms with Crippen LogP contribution in [-0.4, -0.2) is 55.2 Å². The topological polar surface area (TPSA) is 122 Å². The van der Waals surface area contributed by atoms with E-state index in [1.807, 2.05) is 4.90 Å². The SMILES string of the molecule is CC(C)CN1CCN(S(=O)(=O)c2ccc(CCN)cc2)C1=N.Cl.Cl.O. The molecule has 0 spiro atoms. The molecule has 0 bridgehead atoms. The molecule has 2 rings (SSSR count). The molecular formula is C15H28Cl2N4O3S. The number of hydrogen-bond acceptors (Lipinski definition) is 4. The second-order valence-corrected chi connectivity index (χ2v) is 7.79. The van der Waals surface area contributed by atoms with Gasteiger partial charge in [-0.3, -0.25) is 5.41 Å². The van der Waals surface area contributed by atoms with Gasteiger partial charge < -0.3 is 16.1 Å². The molecule has 0 aromatic heterocycles. The van der Waals surface area contributed by atoms with Crippen LogP contribution in [0.5, 0.6) is 0 Å². The van der Waals surface area contributed by atoms with Crippen molar-refractivity contribution in [2.75, 3.05) is 26.2 Å². The summed E-state index contributed by atoms with van der Waals surface area (Å²) in [5.41, 5.74) is 6.51. The maximum atomic E-state index is 12.7. The number of nitrogens with one attached hydrogen (secondary N) is 1. The van der Waals surface area contributed by atoms with E-state index in [4.69, 9.17) is 11.1 Å². The van der Waals surface area contributed by atoms with E-state index in [2.05, 4.69) is 13.8 Å².